The van der Waals surface area contributed by atoms with E-state index in [0.29, 0.717) is 18.5 Å². The fourth-order valence-electron chi connectivity index (χ4n) is 3.17. The topological polar surface area (TPSA) is 72.3 Å². The number of rotatable bonds is 5. The van der Waals surface area contributed by atoms with E-state index in [-0.39, 0.29) is 28.2 Å². The number of Topliss-reactive ketones (excluding diaryl/α,β-unsaturated/α-hetero) is 1. The Kier molecular flexibility index (Phi) is 4.99. The molecule has 0 N–H and O–H groups in total. The first kappa shape index (κ1) is 18.1. The Balaban J connectivity index is 1.84. The molecule has 3 rings (SSSR count). The zero-order valence-electron chi connectivity index (χ0n) is 14.1. The number of aromatic nitrogens is 2. The molecule has 0 saturated carbocycles. The minimum atomic E-state index is -3.73. The molecule has 0 radical (unpaired) electrons. The Labute approximate surface area is 152 Å². The molecule has 1 aliphatic heterocycles. The van der Waals surface area contributed by atoms with E-state index in [1.165, 1.54) is 16.6 Å². The van der Waals surface area contributed by atoms with Gasteiger partial charge in [0.25, 0.3) is 0 Å². The largest absolute Gasteiger partial charge is 0.294 e. The lowest BCUT2D eigenvalue weighted by Gasteiger charge is -2.24. The number of ketones is 1. The maximum Gasteiger partial charge on any atom is 0.244 e. The van der Waals surface area contributed by atoms with Crippen LogP contribution >= 0.6 is 11.6 Å². The summed E-state index contributed by atoms with van der Waals surface area (Å²) in [6, 6.07) is 4.55. The molecule has 1 atom stereocenters. The van der Waals surface area contributed by atoms with Crippen LogP contribution in [0.2, 0.25) is 5.02 Å². The average molecular weight is 382 g/mol. The number of halogens is 1. The van der Waals surface area contributed by atoms with Crippen LogP contribution in [0.15, 0.2) is 35.5 Å². The summed E-state index contributed by atoms with van der Waals surface area (Å²) in [5.74, 6) is -0.102. The zero-order chi connectivity index (χ0) is 18.2. The van der Waals surface area contributed by atoms with Gasteiger partial charge in [-0.25, -0.2) is 8.42 Å². The van der Waals surface area contributed by atoms with Gasteiger partial charge >= 0.3 is 0 Å². The van der Waals surface area contributed by atoms with Crippen molar-refractivity contribution in [1.29, 1.82) is 0 Å². The third-order valence-corrected chi connectivity index (χ3v) is 6.88. The smallest absolute Gasteiger partial charge is 0.244 e. The SMILES string of the molecule is Cc1ccc(S(=O)(=O)N2CCCC2CC(=O)c2cnn(C)c2)c(Cl)c1. The highest BCUT2D eigenvalue weighted by atomic mass is 35.5. The molecule has 8 heteroatoms. The summed E-state index contributed by atoms with van der Waals surface area (Å²) < 4.78 is 29.0. The van der Waals surface area contributed by atoms with Gasteiger partial charge in [-0.2, -0.15) is 9.40 Å². The summed E-state index contributed by atoms with van der Waals surface area (Å²) in [7, 11) is -1.99. The number of benzene rings is 1. The molecule has 0 amide bonds. The van der Waals surface area contributed by atoms with Crippen molar-refractivity contribution in [3.63, 3.8) is 0 Å². The monoisotopic (exact) mass is 381 g/mol. The molecule has 1 fully saturated rings. The molecular formula is C17H20ClN3O3S. The van der Waals surface area contributed by atoms with E-state index >= 15 is 0 Å². The second-order valence-electron chi connectivity index (χ2n) is 6.38. The maximum atomic E-state index is 13.0. The van der Waals surface area contributed by atoms with Crippen LogP contribution in [0.25, 0.3) is 0 Å². The Morgan fingerprint density at radius 1 is 1.40 bits per heavy atom. The Morgan fingerprint density at radius 3 is 2.80 bits per heavy atom. The van der Waals surface area contributed by atoms with Crippen molar-refractivity contribution in [2.45, 2.75) is 37.1 Å². The number of sulfonamides is 1. The van der Waals surface area contributed by atoms with Crippen molar-refractivity contribution >= 4 is 27.4 Å². The second kappa shape index (κ2) is 6.90. The van der Waals surface area contributed by atoms with Crippen LogP contribution in [-0.4, -0.2) is 40.9 Å². The predicted molar refractivity (Wildman–Crippen MR) is 95.3 cm³/mol. The van der Waals surface area contributed by atoms with Crippen LogP contribution in [0.1, 0.15) is 35.2 Å². The number of aryl methyl sites for hydroxylation is 2. The van der Waals surface area contributed by atoms with Crippen molar-refractivity contribution in [2.24, 2.45) is 7.05 Å². The minimum absolute atomic E-state index is 0.0977. The number of nitrogens with zero attached hydrogens (tertiary/aromatic N) is 3. The Hall–Kier alpha value is -1.70. The van der Waals surface area contributed by atoms with Crippen LogP contribution < -0.4 is 0 Å². The van der Waals surface area contributed by atoms with E-state index in [4.69, 9.17) is 11.6 Å². The molecule has 0 spiro atoms. The molecule has 1 aromatic carbocycles. The van der Waals surface area contributed by atoms with Crippen LogP contribution in [0.5, 0.6) is 0 Å². The van der Waals surface area contributed by atoms with Gasteiger partial charge in [-0.1, -0.05) is 17.7 Å². The van der Waals surface area contributed by atoms with Gasteiger partial charge in [-0.3, -0.25) is 9.48 Å². The van der Waals surface area contributed by atoms with Gasteiger partial charge < -0.3 is 0 Å². The van der Waals surface area contributed by atoms with Gasteiger partial charge in [0.05, 0.1) is 16.8 Å². The Morgan fingerprint density at radius 2 is 2.16 bits per heavy atom. The normalized spacial score (nSPS) is 18.6. The van der Waals surface area contributed by atoms with Crippen LogP contribution in [0.3, 0.4) is 0 Å². The van der Waals surface area contributed by atoms with Gasteiger partial charge in [-0.15, -0.1) is 0 Å². The van der Waals surface area contributed by atoms with Crippen LogP contribution in [0.4, 0.5) is 0 Å². The summed E-state index contributed by atoms with van der Waals surface area (Å²) in [6.07, 6.45) is 4.69. The summed E-state index contributed by atoms with van der Waals surface area (Å²) in [5.41, 5.74) is 1.40. The number of hydrogen-bond donors (Lipinski definition) is 0. The molecule has 134 valence electrons. The van der Waals surface area contributed by atoms with E-state index in [1.807, 2.05) is 6.92 Å². The molecule has 1 saturated heterocycles. The third kappa shape index (κ3) is 3.63. The van der Waals surface area contributed by atoms with E-state index in [0.717, 1.165) is 12.0 Å². The van der Waals surface area contributed by atoms with Crippen molar-refractivity contribution in [1.82, 2.24) is 14.1 Å². The molecule has 1 unspecified atom stereocenters. The number of hydrogen-bond acceptors (Lipinski definition) is 4. The Bertz CT molecular complexity index is 908. The van der Waals surface area contributed by atoms with Gasteiger partial charge in [-0.05, 0) is 37.5 Å². The highest BCUT2D eigenvalue weighted by molar-refractivity contribution is 7.89. The van der Waals surface area contributed by atoms with Crippen molar-refractivity contribution in [3.05, 3.63) is 46.7 Å². The van der Waals surface area contributed by atoms with Gasteiger partial charge in [0.1, 0.15) is 4.90 Å². The van der Waals surface area contributed by atoms with Gasteiger partial charge in [0.15, 0.2) is 5.78 Å². The highest BCUT2D eigenvalue weighted by Crippen LogP contribution is 2.32. The van der Waals surface area contributed by atoms with E-state index in [1.54, 1.807) is 30.1 Å². The lowest BCUT2D eigenvalue weighted by Crippen LogP contribution is -2.37. The maximum absolute atomic E-state index is 13.0. The van der Waals surface area contributed by atoms with Crippen molar-refractivity contribution in [3.8, 4) is 0 Å². The zero-order valence-corrected chi connectivity index (χ0v) is 15.7. The minimum Gasteiger partial charge on any atom is -0.294 e. The molecule has 0 aliphatic carbocycles. The summed E-state index contributed by atoms with van der Waals surface area (Å²) >= 11 is 6.16. The molecule has 1 aliphatic rings. The van der Waals surface area contributed by atoms with Gasteiger partial charge in [0, 0.05) is 32.3 Å². The second-order valence-corrected chi connectivity index (χ2v) is 8.64. The predicted octanol–water partition coefficient (Wildman–Crippen LogP) is 2.81. The summed E-state index contributed by atoms with van der Waals surface area (Å²) in [6.45, 7) is 2.25. The molecule has 6 nitrogen and oxygen atoms in total. The fraction of sp³-hybridized carbons (Fsp3) is 0.412. The quantitative estimate of drug-likeness (QED) is 0.746. The standard InChI is InChI=1S/C17H20ClN3O3S/c1-12-5-6-17(15(18)8-12)25(23,24)21-7-3-4-14(21)9-16(22)13-10-19-20(2)11-13/h5-6,8,10-11,14H,3-4,7,9H2,1-2H3. The molecule has 25 heavy (non-hydrogen) atoms. The first-order valence-corrected chi connectivity index (χ1v) is 9.90. The lowest BCUT2D eigenvalue weighted by atomic mass is 10.1. The molecule has 1 aromatic heterocycles. The summed E-state index contributed by atoms with van der Waals surface area (Å²) in [5, 5.41) is 4.21. The third-order valence-electron chi connectivity index (χ3n) is 4.45. The van der Waals surface area contributed by atoms with Crippen LogP contribution in [-0.2, 0) is 17.1 Å². The van der Waals surface area contributed by atoms with Crippen molar-refractivity contribution in [2.75, 3.05) is 6.54 Å². The van der Waals surface area contributed by atoms with E-state index in [9.17, 15) is 13.2 Å². The lowest BCUT2D eigenvalue weighted by molar-refractivity contribution is 0.0961. The van der Waals surface area contributed by atoms with E-state index in [2.05, 4.69) is 5.10 Å². The van der Waals surface area contributed by atoms with Gasteiger partial charge in [0.2, 0.25) is 10.0 Å². The number of carbonyl (C=O) groups is 1. The van der Waals surface area contributed by atoms with E-state index < -0.39 is 10.0 Å². The molecule has 0 bridgehead atoms. The fourth-order valence-corrected chi connectivity index (χ4v) is 5.44. The first-order chi connectivity index (χ1) is 11.8. The first-order valence-electron chi connectivity index (χ1n) is 8.09. The average Bonchev–Trinajstić information content (AvgIpc) is 3.16. The highest BCUT2D eigenvalue weighted by Gasteiger charge is 2.37. The molecule has 2 aromatic rings. The molecular weight excluding hydrogens is 362 g/mol. The van der Waals surface area contributed by atoms with Crippen molar-refractivity contribution < 1.29 is 13.2 Å². The van der Waals surface area contributed by atoms with Crippen LogP contribution in [0, 0.1) is 6.92 Å². The molecule has 2 heterocycles. The number of carbonyl (C=O) groups excluding carboxylic acids is 1. The summed E-state index contributed by atoms with van der Waals surface area (Å²) in [4.78, 5) is 12.5.